The Balaban J connectivity index is 3.00. The van der Waals surface area contributed by atoms with Crippen molar-refractivity contribution in [2.24, 2.45) is 5.73 Å². The minimum absolute atomic E-state index is 0.0984. The first-order chi connectivity index (χ1) is 6.70. The van der Waals surface area contributed by atoms with Gasteiger partial charge in [-0.05, 0) is 28.1 Å². The number of halogens is 2. The number of nitrogens with two attached hydrogens (primary N) is 1. The molecule has 0 atom stereocenters. The SMILES string of the molecule is N#Cc1ccc(OCCN)c(F)c1Br. The maximum Gasteiger partial charge on any atom is 0.180 e. The Hall–Kier alpha value is -1.12. The van der Waals surface area contributed by atoms with Crippen molar-refractivity contribution >= 4 is 15.9 Å². The summed E-state index contributed by atoms with van der Waals surface area (Å²) in [5, 5.41) is 8.60. The van der Waals surface area contributed by atoms with Crippen LogP contribution in [0.4, 0.5) is 4.39 Å². The lowest BCUT2D eigenvalue weighted by Crippen LogP contribution is -2.11. The maximum atomic E-state index is 13.4. The predicted octanol–water partition coefficient (Wildman–Crippen LogP) is 1.80. The normalized spacial score (nSPS) is 9.57. The summed E-state index contributed by atoms with van der Waals surface area (Å²) in [7, 11) is 0. The fraction of sp³-hybridized carbons (Fsp3) is 0.222. The van der Waals surface area contributed by atoms with Crippen LogP contribution in [0.5, 0.6) is 5.75 Å². The van der Waals surface area contributed by atoms with Crippen LogP contribution in [-0.4, -0.2) is 13.2 Å². The average molecular weight is 259 g/mol. The largest absolute Gasteiger partial charge is 0.489 e. The summed E-state index contributed by atoms with van der Waals surface area (Å²) >= 11 is 2.97. The fourth-order valence-electron chi connectivity index (χ4n) is 0.898. The number of nitriles is 1. The van der Waals surface area contributed by atoms with Crippen molar-refractivity contribution in [1.82, 2.24) is 0 Å². The van der Waals surface area contributed by atoms with Crippen molar-refractivity contribution in [2.75, 3.05) is 13.2 Å². The molecule has 0 aliphatic rings. The van der Waals surface area contributed by atoms with Crippen LogP contribution in [-0.2, 0) is 0 Å². The summed E-state index contributed by atoms with van der Waals surface area (Å²) in [5.74, 6) is -0.473. The molecular formula is C9H8BrFN2O. The molecule has 0 saturated carbocycles. The van der Waals surface area contributed by atoms with Gasteiger partial charge in [-0.25, -0.2) is 4.39 Å². The van der Waals surface area contributed by atoms with Crippen LogP contribution in [0.1, 0.15) is 5.56 Å². The Morgan fingerprint density at radius 3 is 2.86 bits per heavy atom. The van der Waals surface area contributed by atoms with Gasteiger partial charge in [0.2, 0.25) is 0 Å². The highest BCUT2D eigenvalue weighted by Crippen LogP contribution is 2.27. The number of nitrogens with zero attached hydrogens (tertiary/aromatic N) is 1. The van der Waals surface area contributed by atoms with Crippen molar-refractivity contribution in [3.8, 4) is 11.8 Å². The van der Waals surface area contributed by atoms with E-state index < -0.39 is 5.82 Å². The first-order valence-corrected chi connectivity index (χ1v) is 4.71. The van der Waals surface area contributed by atoms with E-state index in [2.05, 4.69) is 15.9 Å². The zero-order chi connectivity index (χ0) is 10.6. The van der Waals surface area contributed by atoms with Gasteiger partial charge in [-0.2, -0.15) is 5.26 Å². The van der Waals surface area contributed by atoms with Gasteiger partial charge >= 0.3 is 0 Å². The summed E-state index contributed by atoms with van der Waals surface area (Å²) in [6, 6.07) is 4.75. The van der Waals surface area contributed by atoms with Crippen LogP contribution in [0.15, 0.2) is 16.6 Å². The van der Waals surface area contributed by atoms with Gasteiger partial charge in [0, 0.05) is 6.54 Å². The molecule has 0 bridgehead atoms. The first-order valence-electron chi connectivity index (χ1n) is 3.91. The number of benzene rings is 1. The lowest BCUT2D eigenvalue weighted by molar-refractivity contribution is 0.310. The van der Waals surface area contributed by atoms with Gasteiger partial charge in [0.1, 0.15) is 12.7 Å². The molecule has 74 valence electrons. The van der Waals surface area contributed by atoms with Gasteiger partial charge in [-0.3, -0.25) is 0 Å². The van der Waals surface area contributed by atoms with Crippen LogP contribution >= 0.6 is 15.9 Å². The molecule has 1 aromatic carbocycles. The van der Waals surface area contributed by atoms with Crippen LogP contribution in [0.2, 0.25) is 0 Å². The third-order valence-corrected chi connectivity index (χ3v) is 2.32. The second-order valence-corrected chi connectivity index (χ2v) is 3.28. The molecule has 0 aliphatic carbocycles. The van der Waals surface area contributed by atoms with Gasteiger partial charge in [0.15, 0.2) is 11.6 Å². The third kappa shape index (κ3) is 2.22. The van der Waals surface area contributed by atoms with E-state index >= 15 is 0 Å². The van der Waals surface area contributed by atoms with Gasteiger partial charge in [-0.1, -0.05) is 0 Å². The molecule has 3 nitrogen and oxygen atoms in total. The molecule has 14 heavy (non-hydrogen) atoms. The lowest BCUT2D eigenvalue weighted by atomic mass is 10.2. The molecule has 0 saturated heterocycles. The molecule has 5 heteroatoms. The molecule has 1 aromatic rings. The third-order valence-electron chi connectivity index (χ3n) is 1.54. The molecule has 0 fully saturated rings. The van der Waals surface area contributed by atoms with Crippen LogP contribution < -0.4 is 10.5 Å². The standard InChI is InChI=1S/C9H8BrFN2O/c10-8-6(5-13)1-2-7(9(8)11)14-4-3-12/h1-2H,3-4,12H2. The van der Waals surface area contributed by atoms with Crippen molar-refractivity contribution in [3.05, 3.63) is 28.0 Å². The monoisotopic (exact) mass is 258 g/mol. The van der Waals surface area contributed by atoms with E-state index in [1.165, 1.54) is 12.1 Å². The number of hydrogen-bond donors (Lipinski definition) is 1. The van der Waals surface area contributed by atoms with Crippen LogP contribution in [0, 0.1) is 17.1 Å². The minimum Gasteiger partial charge on any atom is -0.489 e. The highest BCUT2D eigenvalue weighted by Gasteiger charge is 2.11. The molecule has 0 heterocycles. The van der Waals surface area contributed by atoms with E-state index in [9.17, 15) is 4.39 Å². The fourth-order valence-corrected chi connectivity index (χ4v) is 1.31. The summed E-state index contributed by atoms with van der Waals surface area (Å²) in [6.45, 7) is 0.562. The molecular weight excluding hydrogens is 251 g/mol. The van der Waals surface area contributed by atoms with Gasteiger partial charge in [-0.15, -0.1) is 0 Å². The molecule has 1 rings (SSSR count). The number of hydrogen-bond acceptors (Lipinski definition) is 3. The Bertz CT molecular complexity index is 376. The van der Waals surface area contributed by atoms with E-state index in [0.29, 0.717) is 6.54 Å². The molecule has 0 unspecified atom stereocenters. The van der Waals surface area contributed by atoms with Gasteiger partial charge in [0.25, 0.3) is 0 Å². The average Bonchev–Trinajstić information content (AvgIpc) is 2.20. The Labute approximate surface area is 89.4 Å². The lowest BCUT2D eigenvalue weighted by Gasteiger charge is -2.07. The first kappa shape index (κ1) is 11.0. The van der Waals surface area contributed by atoms with Crippen LogP contribution in [0.25, 0.3) is 0 Å². The van der Waals surface area contributed by atoms with E-state index in [1.54, 1.807) is 0 Å². The Morgan fingerprint density at radius 2 is 2.29 bits per heavy atom. The Morgan fingerprint density at radius 1 is 1.57 bits per heavy atom. The second kappa shape index (κ2) is 4.94. The predicted molar refractivity (Wildman–Crippen MR) is 53.4 cm³/mol. The highest BCUT2D eigenvalue weighted by atomic mass is 79.9. The zero-order valence-corrected chi connectivity index (χ0v) is 8.84. The molecule has 2 N–H and O–H groups in total. The van der Waals surface area contributed by atoms with Crippen molar-refractivity contribution in [1.29, 1.82) is 5.26 Å². The quantitative estimate of drug-likeness (QED) is 0.900. The van der Waals surface area contributed by atoms with Gasteiger partial charge < -0.3 is 10.5 Å². The van der Waals surface area contributed by atoms with E-state index in [4.69, 9.17) is 15.7 Å². The molecule has 0 amide bonds. The summed E-state index contributed by atoms with van der Waals surface area (Å²) in [5.41, 5.74) is 5.45. The Kier molecular flexibility index (Phi) is 3.86. The van der Waals surface area contributed by atoms with Crippen molar-refractivity contribution in [3.63, 3.8) is 0 Å². The van der Waals surface area contributed by atoms with E-state index in [0.717, 1.165) is 0 Å². The topological polar surface area (TPSA) is 59.0 Å². The van der Waals surface area contributed by atoms with Crippen LogP contribution in [0.3, 0.4) is 0 Å². The van der Waals surface area contributed by atoms with Gasteiger partial charge in [0.05, 0.1) is 10.0 Å². The van der Waals surface area contributed by atoms with E-state index in [-0.39, 0.29) is 22.4 Å². The maximum absolute atomic E-state index is 13.4. The number of rotatable bonds is 3. The van der Waals surface area contributed by atoms with Crippen molar-refractivity contribution in [2.45, 2.75) is 0 Å². The molecule has 0 spiro atoms. The summed E-state index contributed by atoms with van der Waals surface area (Å²) < 4.78 is 18.6. The molecule has 0 aliphatic heterocycles. The summed E-state index contributed by atoms with van der Waals surface area (Å²) in [6.07, 6.45) is 0. The molecule has 0 aromatic heterocycles. The smallest absolute Gasteiger partial charge is 0.180 e. The highest BCUT2D eigenvalue weighted by molar-refractivity contribution is 9.10. The van der Waals surface area contributed by atoms with E-state index in [1.807, 2.05) is 6.07 Å². The minimum atomic E-state index is -0.572. The molecule has 0 radical (unpaired) electrons. The number of ether oxygens (including phenoxy) is 1. The van der Waals surface area contributed by atoms with Crippen molar-refractivity contribution < 1.29 is 9.13 Å². The second-order valence-electron chi connectivity index (χ2n) is 2.49. The summed E-state index contributed by atoms with van der Waals surface area (Å²) in [4.78, 5) is 0. The zero-order valence-electron chi connectivity index (χ0n) is 7.26.